The predicted molar refractivity (Wildman–Crippen MR) is 96.8 cm³/mol. The summed E-state index contributed by atoms with van der Waals surface area (Å²) in [4.78, 5) is 0. The summed E-state index contributed by atoms with van der Waals surface area (Å²) < 4.78 is 19.7. The molecule has 1 aromatic heterocycles. The predicted octanol–water partition coefficient (Wildman–Crippen LogP) is 3.64. The summed E-state index contributed by atoms with van der Waals surface area (Å²) in [5.41, 5.74) is 4.07. The highest BCUT2D eigenvalue weighted by atomic mass is 32.2. The van der Waals surface area contributed by atoms with Gasteiger partial charge in [-0.05, 0) is 25.1 Å². The monoisotopic (exact) mass is 340 g/mol. The second kappa shape index (κ2) is 7.45. The van der Waals surface area contributed by atoms with Crippen molar-refractivity contribution in [1.82, 2.24) is 9.78 Å². The van der Waals surface area contributed by atoms with E-state index in [1.807, 2.05) is 61.7 Å². The minimum atomic E-state index is -1.02. The lowest BCUT2D eigenvalue weighted by Gasteiger charge is -2.09. The van der Waals surface area contributed by atoms with Gasteiger partial charge in [-0.1, -0.05) is 35.9 Å². The smallest absolute Gasteiger partial charge is 0.123 e. The molecule has 0 saturated carbocycles. The normalized spacial score (nSPS) is 12.1. The average Bonchev–Trinajstić information content (AvgIpc) is 3.04. The van der Waals surface area contributed by atoms with Crippen LogP contribution in [0.25, 0.3) is 5.69 Å². The molecule has 5 heteroatoms. The lowest BCUT2D eigenvalue weighted by Crippen LogP contribution is -2.01. The minimum absolute atomic E-state index is 0.474. The van der Waals surface area contributed by atoms with E-state index in [4.69, 9.17) is 4.74 Å². The van der Waals surface area contributed by atoms with Crippen molar-refractivity contribution in [2.45, 2.75) is 18.4 Å². The number of hydrogen-bond donors (Lipinski definition) is 0. The topological polar surface area (TPSA) is 44.1 Å². The van der Waals surface area contributed by atoms with Gasteiger partial charge in [-0.3, -0.25) is 4.21 Å². The summed E-state index contributed by atoms with van der Waals surface area (Å²) in [6.45, 7) is 2.02. The van der Waals surface area contributed by atoms with Crippen LogP contribution in [0.15, 0.2) is 60.9 Å². The molecule has 3 rings (SSSR count). The van der Waals surface area contributed by atoms with Crippen LogP contribution >= 0.6 is 0 Å². The number of para-hydroxylation sites is 1. The first-order valence-corrected chi connectivity index (χ1v) is 9.22. The maximum absolute atomic E-state index is 12.5. The largest absolute Gasteiger partial charge is 0.496 e. The van der Waals surface area contributed by atoms with E-state index >= 15 is 0 Å². The maximum atomic E-state index is 12.5. The van der Waals surface area contributed by atoms with Gasteiger partial charge >= 0.3 is 0 Å². The van der Waals surface area contributed by atoms with Gasteiger partial charge in [0.1, 0.15) is 5.75 Å². The molecule has 3 aromatic rings. The van der Waals surface area contributed by atoms with Gasteiger partial charge in [-0.15, -0.1) is 0 Å². The Morgan fingerprint density at radius 1 is 1.12 bits per heavy atom. The summed E-state index contributed by atoms with van der Waals surface area (Å²) in [7, 11) is 0.621. The lowest BCUT2D eigenvalue weighted by molar-refractivity contribution is 0.411. The highest BCUT2D eigenvalue weighted by Crippen LogP contribution is 2.22. The summed E-state index contributed by atoms with van der Waals surface area (Å²) >= 11 is 0. The van der Waals surface area contributed by atoms with Gasteiger partial charge in [0.2, 0.25) is 0 Å². The number of hydrogen-bond acceptors (Lipinski definition) is 3. The fourth-order valence-corrected chi connectivity index (χ4v) is 3.78. The van der Waals surface area contributed by atoms with Crippen molar-refractivity contribution in [3.8, 4) is 11.4 Å². The van der Waals surface area contributed by atoms with E-state index in [0.29, 0.717) is 11.5 Å². The van der Waals surface area contributed by atoms with Crippen LogP contribution in [0.4, 0.5) is 0 Å². The van der Waals surface area contributed by atoms with Crippen molar-refractivity contribution in [3.05, 3.63) is 77.6 Å². The van der Waals surface area contributed by atoms with Crippen LogP contribution in [0, 0.1) is 6.92 Å². The van der Waals surface area contributed by atoms with Gasteiger partial charge < -0.3 is 4.74 Å². The Morgan fingerprint density at radius 3 is 2.67 bits per heavy atom. The zero-order chi connectivity index (χ0) is 16.9. The van der Waals surface area contributed by atoms with Crippen LogP contribution < -0.4 is 4.74 Å². The van der Waals surface area contributed by atoms with E-state index < -0.39 is 10.8 Å². The standard InChI is InChI=1S/C19H20N2O2S/c1-15-8-9-19(23-2)17(10-15)14-24(22)13-16-11-20-21(12-16)18-6-4-3-5-7-18/h3-12H,13-14H2,1-2H3. The molecule has 2 aromatic carbocycles. The van der Waals surface area contributed by atoms with E-state index in [1.165, 1.54) is 0 Å². The SMILES string of the molecule is COc1ccc(C)cc1CS(=O)Cc1cnn(-c2ccccc2)c1. The molecule has 0 fully saturated rings. The van der Waals surface area contributed by atoms with Crippen LogP contribution in [-0.2, 0) is 22.3 Å². The van der Waals surface area contributed by atoms with Gasteiger partial charge in [-0.25, -0.2) is 4.68 Å². The number of rotatable bonds is 6. The fourth-order valence-electron chi connectivity index (χ4n) is 2.59. The molecule has 24 heavy (non-hydrogen) atoms. The van der Waals surface area contributed by atoms with E-state index in [1.54, 1.807) is 18.0 Å². The second-order valence-electron chi connectivity index (χ2n) is 5.67. The molecule has 1 atom stereocenters. The molecular weight excluding hydrogens is 320 g/mol. The summed E-state index contributed by atoms with van der Waals surface area (Å²) in [6.07, 6.45) is 3.71. The molecule has 0 aliphatic heterocycles. The van der Waals surface area contributed by atoms with Crippen molar-refractivity contribution < 1.29 is 8.95 Å². The van der Waals surface area contributed by atoms with Crippen LogP contribution in [0.1, 0.15) is 16.7 Å². The second-order valence-corrected chi connectivity index (χ2v) is 7.13. The molecule has 0 amide bonds. The van der Waals surface area contributed by atoms with Crippen LogP contribution in [0.2, 0.25) is 0 Å². The Kier molecular flexibility index (Phi) is 5.11. The Labute approximate surface area is 144 Å². The Morgan fingerprint density at radius 2 is 1.92 bits per heavy atom. The number of methoxy groups -OCH3 is 1. The summed E-state index contributed by atoms with van der Waals surface area (Å²) in [5.74, 6) is 1.74. The Hall–Kier alpha value is -2.40. The highest BCUT2D eigenvalue weighted by Gasteiger charge is 2.10. The molecule has 4 nitrogen and oxygen atoms in total. The van der Waals surface area contributed by atoms with Gasteiger partial charge in [0, 0.05) is 28.1 Å². The number of benzene rings is 2. The van der Waals surface area contributed by atoms with Gasteiger partial charge in [-0.2, -0.15) is 5.10 Å². The maximum Gasteiger partial charge on any atom is 0.123 e. The van der Waals surface area contributed by atoms with Crippen LogP contribution in [-0.4, -0.2) is 21.1 Å². The molecule has 0 spiro atoms. The first-order valence-electron chi connectivity index (χ1n) is 7.73. The van der Waals surface area contributed by atoms with Crippen molar-refractivity contribution in [2.24, 2.45) is 0 Å². The molecule has 1 heterocycles. The quantitative estimate of drug-likeness (QED) is 0.688. The Balaban J connectivity index is 1.70. The van der Waals surface area contributed by atoms with Crippen molar-refractivity contribution in [3.63, 3.8) is 0 Å². The molecule has 1 unspecified atom stereocenters. The third-order valence-corrected chi connectivity index (χ3v) is 5.03. The summed E-state index contributed by atoms with van der Waals surface area (Å²) in [6, 6.07) is 15.8. The number of ether oxygens (including phenoxy) is 1. The molecule has 124 valence electrons. The molecule has 0 bridgehead atoms. The van der Waals surface area contributed by atoms with Gasteiger partial charge in [0.25, 0.3) is 0 Å². The minimum Gasteiger partial charge on any atom is -0.496 e. The van der Waals surface area contributed by atoms with E-state index in [9.17, 15) is 4.21 Å². The number of nitrogens with zero attached hydrogens (tertiary/aromatic N) is 2. The molecular formula is C19H20N2O2S. The molecule has 0 radical (unpaired) electrons. The third-order valence-electron chi connectivity index (χ3n) is 3.74. The first kappa shape index (κ1) is 16.5. The van der Waals surface area contributed by atoms with E-state index in [0.717, 1.165) is 28.1 Å². The molecule has 0 saturated heterocycles. The zero-order valence-electron chi connectivity index (χ0n) is 13.8. The van der Waals surface area contributed by atoms with E-state index in [2.05, 4.69) is 5.10 Å². The van der Waals surface area contributed by atoms with Crippen molar-refractivity contribution in [1.29, 1.82) is 0 Å². The number of aryl methyl sites for hydroxylation is 1. The summed E-state index contributed by atoms with van der Waals surface area (Å²) in [5, 5.41) is 4.35. The van der Waals surface area contributed by atoms with Crippen LogP contribution in [0.5, 0.6) is 5.75 Å². The Bertz CT molecular complexity index is 844. The fraction of sp³-hybridized carbons (Fsp3) is 0.211. The number of aromatic nitrogens is 2. The lowest BCUT2D eigenvalue weighted by atomic mass is 10.1. The van der Waals surface area contributed by atoms with Crippen molar-refractivity contribution >= 4 is 10.8 Å². The van der Waals surface area contributed by atoms with Crippen molar-refractivity contribution in [2.75, 3.05) is 7.11 Å². The van der Waals surface area contributed by atoms with E-state index in [-0.39, 0.29) is 0 Å². The highest BCUT2D eigenvalue weighted by molar-refractivity contribution is 7.83. The van der Waals surface area contributed by atoms with Gasteiger partial charge in [0.15, 0.2) is 0 Å². The molecule has 0 aliphatic rings. The third kappa shape index (κ3) is 3.92. The van der Waals surface area contributed by atoms with Crippen LogP contribution in [0.3, 0.4) is 0 Å². The first-order chi connectivity index (χ1) is 11.7. The molecule has 0 aliphatic carbocycles. The molecule has 0 N–H and O–H groups in total. The average molecular weight is 340 g/mol. The van der Waals surface area contributed by atoms with Gasteiger partial charge in [0.05, 0.1) is 30.5 Å². The zero-order valence-corrected chi connectivity index (χ0v) is 14.6.